The fourth-order valence-electron chi connectivity index (χ4n) is 10.5. The summed E-state index contributed by atoms with van der Waals surface area (Å²) < 4.78 is 5.65. The zero-order valence-corrected chi connectivity index (χ0v) is 26.6. The number of fused-ring (bicyclic) bond motifs is 7. The highest BCUT2D eigenvalue weighted by molar-refractivity contribution is 5.95. The van der Waals surface area contributed by atoms with E-state index < -0.39 is 5.60 Å². The second-order valence-electron chi connectivity index (χ2n) is 17.2. The minimum Gasteiger partial charge on any atom is -0.444 e. The highest BCUT2D eigenvalue weighted by Crippen LogP contribution is 2.74. The topological polar surface area (TPSA) is 55.4 Å². The quantitative estimate of drug-likeness (QED) is 0.359. The van der Waals surface area contributed by atoms with Crippen molar-refractivity contribution >= 4 is 11.9 Å². The van der Waals surface area contributed by atoms with E-state index >= 15 is 0 Å². The fourth-order valence-corrected chi connectivity index (χ4v) is 10.5. The molecule has 3 fully saturated rings. The van der Waals surface area contributed by atoms with Gasteiger partial charge in [-0.1, -0.05) is 66.2 Å². The molecule has 1 amide bonds. The van der Waals surface area contributed by atoms with E-state index in [0.29, 0.717) is 35.5 Å². The Kier molecular flexibility index (Phi) is 6.46. The van der Waals surface area contributed by atoms with Crippen molar-refractivity contribution in [3.8, 4) is 0 Å². The predicted molar refractivity (Wildman–Crippen MR) is 158 cm³/mol. The number of rotatable bonds is 2. The Morgan fingerprint density at radius 1 is 0.974 bits per heavy atom. The van der Waals surface area contributed by atoms with Crippen molar-refractivity contribution in [3.05, 3.63) is 23.8 Å². The lowest BCUT2D eigenvalue weighted by Crippen LogP contribution is -2.64. The first kappa shape index (κ1) is 28.9. The molecule has 0 bridgehead atoms. The Morgan fingerprint density at radius 2 is 1.64 bits per heavy atom. The number of carbonyl (C=O) groups excluding carboxylic acids is 2. The van der Waals surface area contributed by atoms with E-state index in [2.05, 4.69) is 65.9 Å². The maximum atomic E-state index is 12.9. The molecule has 1 N–H and O–H groups in total. The Balaban J connectivity index is 1.51. The van der Waals surface area contributed by atoms with Gasteiger partial charge in [0.05, 0.1) is 0 Å². The molecular weight excluding hydrogens is 482 g/mol. The van der Waals surface area contributed by atoms with Crippen LogP contribution in [-0.2, 0) is 9.53 Å². The normalized spacial score (nSPS) is 44.2. The fraction of sp³-hybridized carbons (Fsp3) is 0.829. The molecule has 0 aromatic carbocycles. The Labute approximate surface area is 238 Å². The summed E-state index contributed by atoms with van der Waals surface area (Å²) >= 11 is 0. The van der Waals surface area contributed by atoms with Crippen LogP contribution in [-0.4, -0.2) is 24.0 Å². The van der Waals surface area contributed by atoms with E-state index in [-0.39, 0.29) is 33.2 Å². The molecule has 0 aliphatic heterocycles. The number of amides is 1. The predicted octanol–water partition coefficient (Wildman–Crippen LogP) is 8.66. The zero-order valence-electron chi connectivity index (χ0n) is 26.6. The highest BCUT2D eigenvalue weighted by Gasteiger charge is 2.67. The number of ketones is 1. The van der Waals surface area contributed by atoms with Gasteiger partial charge < -0.3 is 10.1 Å². The first-order valence-electron chi connectivity index (χ1n) is 15.7. The average Bonchev–Trinajstić information content (AvgIpc) is 2.80. The molecule has 0 spiro atoms. The molecule has 0 saturated heterocycles. The monoisotopic (exact) mass is 537 g/mol. The maximum Gasteiger partial charge on any atom is 0.407 e. The van der Waals surface area contributed by atoms with Crippen molar-refractivity contribution in [3.63, 3.8) is 0 Å². The Bertz CT molecular complexity index is 1110. The van der Waals surface area contributed by atoms with Crippen molar-refractivity contribution in [2.45, 2.75) is 126 Å². The van der Waals surface area contributed by atoms with Gasteiger partial charge in [0.15, 0.2) is 5.78 Å². The van der Waals surface area contributed by atoms with E-state index in [0.717, 1.165) is 25.7 Å². The van der Waals surface area contributed by atoms with Crippen LogP contribution in [0.3, 0.4) is 0 Å². The third kappa shape index (κ3) is 4.28. The van der Waals surface area contributed by atoms with Gasteiger partial charge in [0.2, 0.25) is 0 Å². The molecule has 5 rings (SSSR count). The van der Waals surface area contributed by atoms with E-state index in [1.54, 1.807) is 5.57 Å². The molecule has 4 nitrogen and oxygen atoms in total. The highest BCUT2D eigenvalue weighted by atomic mass is 16.6. The summed E-state index contributed by atoms with van der Waals surface area (Å²) in [6.07, 6.45) is 15.9. The molecule has 3 saturated carbocycles. The van der Waals surface area contributed by atoms with Crippen LogP contribution in [0.2, 0.25) is 0 Å². The van der Waals surface area contributed by atoms with Gasteiger partial charge in [-0.15, -0.1) is 0 Å². The number of nitrogens with one attached hydrogen (secondary N) is 1. The maximum absolute atomic E-state index is 12.9. The van der Waals surface area contributed by atoms with Crippen molar-refractivity contribution in [1.82, 2.24) is 5.32 Å². The molecule has 0 aromatic heterocycles. The van der Waals surface area contributed by atoms with Gasteiger partial charge in [-0.05, 0) is 123 Å². The Hall–Kier alpha value is -1.58. The number of allylic oxidation sites excluding steroid dienone is 4. The summed E-state index contributed by atoms with van der Waals surface area (Å²) in [6, 6.07) is 0. The second kappa shape index (κ2) is 8.71. The van der Waals surface area contributed by atoms with Crippen LogP contribution < -0.4 is 5.32 Å². The zero-order chi connectivity index (χ0) is 28.9. The lowest BCUT2D eigenvalue weighted by atomic mass is 9.34. The van der Waals surface area contributed by atoms with Gasteiger partial charge in [-0.25, -0.2) is 4.79 Å². The van der Waals surface area contributed by atoms with Crippen LogP contribution in [0, 0.1) is 50.2 Å². The minimum atomic E-state index is -0.488. The first-order valence-corrected chi connectivity index (χ1v) is 15.7. The number of alkyl carbamates (subject to hydrolysis) is 1. The smallest absolute Gasteiger partial charge is 0.407 e. The molecule has 7 atom stereocenters. The van der Waals surface area contributed by atoms with Crippen LogP contribution in [0.15, 0.2) is 23.8 Å². The molecule has 39 heavy (non-hydrogen) atoms. The molecule has 5 aliphatic carbocycles. The number of ether oxygens (including phenoxy) is 1. The molecule has 0 radical (unpaired) electrons. The molecule has 0 unspecified atom stereocenters. The lowest BCUT2D eigenvalue weighted by molar-refractivity contribution is -0.159. The first-order chi connectivity index (χ1) is 17.8. The number of carbonyl (C=O) groups is 2. The molecule has 218 valence electrons. The van der Waals surface area contributed by atoms with Gasteiger partial charge in [-0.3, -0.25) is 4.79 Å². The lowest BCUT2D eigenvalue weighted by Gasteiger charge is -2.70. The van der Waals surface area contributed by atoms with E-state index in [1.807, 2.05) is 26.8 Å². The van der Waals surface area contributed by atoms with Crippen LogP contribution >= 0.6 is 0 Å². The van der Waals surface area contributed by atoms with Crippen LogP contribution in [0.25, 0.3) is 0 Å². The van der Waals surface area contributed by atoms with E-state index in [4.69, 9.17) is 4.74 Å². The summed E-state index contributed by atoms with van der Waals surface area (Å²) in [5.74, 6) is 1.72. The van der Waals surface area contributed by atoms with E-state index in [9.17, 15) is 9.59 Å². The van der Waals surface area contributed by atoms with Gasteiger partial charge in [0.1, 0.15) is 5.60 Å². The van der Waals surface area contributed by atoms with Crippen LogP contribution in [0.4, 0.5) is 4.79 Å². The minimum absolute atomic E-state index is 0.0358. The summed E-state index contributed by atoms with van der Waals surface area (Å²) in [4.78, 5) is 25.7. The molecule has 5 aliphatic rings. The third-order valence-electron chi connectivity index (χ3n) is 13.1. The van der Waals surface area contributed by atoms with Crippen molar-refractivity contribution in [2.24, 2.45) is 50.2 Å². The van der Waals surface area contributed by atoms with Crippen LogP contribution in [0.5, 0.6) is 0 Å². The summed E-state index contributed by atoms with van der Waals surface area (Å²) in [5.41, 5.74) is 1.66. The summed E-state index contributed by atoms with van der Waals surface area (Å²) in [6.45, 7) is 23.4. The summed E-state index contributed by atoms with van der Waals surface area (Å²) in [7, 11) is 0. The third-order valence-corrected chi connectivity index (χ3v) is 13.1. The second-order valence-corrected chi connectivity index (χ2v) is 17.2. The Morgan fingerprint density at radius 3 is 2.31 bits per heavy atom. The standard InChI is InChI=1S/C35H55NO3/c1-29(2,3)39-28(38)36-22-35-19-17-30(4,5)21-24(35)23-11-12-26-32(8)15-14-27(37)31(6,7)25(32)13-16-34(26,10)33(23,9)18-20-35/h11,14-15,24-26H,12-13,16-22H2,1-10H3,(H,36,38)/t24-,25-,26+,32-,33+,34+,35+/m0/s1. The molecule has 4 heteroatoms. The van der Waals surface area contributed by atoms with Crippen LogP contribution in [0.1, 0.15) is 121 Å². The largest absolute Gasteiger partial charge is 0.444 e. The van der Waals surface area contributed by atoms with Crippen molar-refractivity contribution in [2.75, 3.05) is 6.54 Å². The molecular formula is C35H55NO3. The number of hydrogen-bond donors (Lipinski definition) is 1. The average molecular weight is 538 g/mol. The van der Waals surface area contributed by atoms with Crippen molar-refractivity contribution < 1.29 is 14.3 Å². The van der Waals surface area contributed by atoms with Crippen molar-refractivity contribution in [1.29, 1.82) is 0 Å². The molecule has 0 aromatic rings. The van der Waals surface area contributed by atoms with Gasteiger partial charge in [0, 0.05) is 12.0 Å². The number of hydrogen-bond acceptors (Lipinski definition) is 3. The van der Waals surface area contributed by atoms with E-state index in [1.165, 1.54) is 25.7 Å². The van der Waals surface area contributed by atoms with Gasteiger partial charge in [0.25, 0.3) is 0 Å². The SMILES string of the molecule is CC1(C)CC[C@]2(CNC(=O)OC(C)(C)C)CC[C@]3(C)C(=CC[C@@H]4[C@@]5(C)C=CC(=O)C(C)(C)[C@@H]5CC[C@]43C)[C@@H]2C1. The summed E-state index contributed by atoms with van der Waals surface area (Å²) in [5, 5.41) is 3.23. The molecule has 0 heterocycles. The van der Waals surface area contributed by atoms with Gasteiger partial charge in [-0.2, -0.15) is 0 Å². The van der Waals surface area contributed by atoms with Gasteiger partial charge >= 0.3 is 6.09 Å².